The summed E-state index contributed by atoms with van der Waals surface area (Å²) in [5, 5.41) is 0. The van der Waals surface area contributed by atoms with Crippen LogP contribution in [0.4, 0.5) is 4.39 Å². The van der Waals surface area contributed by atoms with E-state index >= 15 is 0 Å². The third-order valence-corrected chi connectivity index (χ3v) is 3.24. The number of hydrogen-bond donors (Lipinski definition) is 0. The van der Waals surface area contributed by atoms with Crippen molar-refractivity contribution in [1.82, 2.24) is 4.90 Å². The van der Waals surface area contributed by atoms with Crippen LogP contribution in [0.25, 0.3) is 0 Å². The molecule has 0 aromatic heterocycles. The van der Waals surface area contributed by atoms with E-state index in [2.05, 4.69) is 33.0 Å². The van der Waals surface area contributed by atoms with Gasteiger partial charge in [-0.25, -0.2) is 4.39 Å². The van der Waals surface area contributed by atoms with Crippen LogP contribution in [0.5, 0.6) is 0 Å². The smallest absolute Gasteiger partial charge is 0.123 e. The van der Waals surface area contributed by atoms with Crippen molar-refractivity contribution in [2.24, 2.45) is 0 Å². The molecule has 0 aliphatic carbocycles. The highest BCUT2D eigenvalue weighted by molar-refractivity contribution is 9.10. The molecule has 2 rings (SSSR count). The summed E-state index contributed by atoms with van der Waals surface area (Å²) < 4.78 is 14.1. The molecular weight excluding hydrogens is 293 g/mol. The van der Waals surface area contributed by atoms with Gasteiger partial charge in [-0.1, -0.05) is 40.2 Å². The second kappa shape index (κ2) is 6.12. The topological polar surface area (TPSA) is 3.24 Å². The van der Waals surface area contributed by atoms with E-state index in [1.165, 1.54) is 11.6 Å². The van der Waals surface area contributed by atoms with Crippen LogP contribution in [0.15, 0.2) is 53.0 Å². The van der Waals surface area contributed by atoms with E-state index in [0.29, 0.717) is 0 Å². The van der Waals surface area contributed by atoms with Crippen LogP contribution in [0, 0.1) is 5.82 Å². The highest BCUT2D eigenvalue weighted by atomic mass is 79.9. The number of halogens is 2. The minimum absolute atomic E-state index is 0.176. The SMILES string of the molecule is CN(Cc1ccc(Br)cc1)Cc1cccc(F)c1. The van der Waals surface area contributed by atoms with E-state index in [4.69, 9.17) is 0 Å². The fraction of sp³-hybridized carbons (Fsp3) is 0.200. The van der Waals surface area contributed by atoms with Crippen molar-refractivity contribution in [3.8, 4) is 0 Å². The van der Waals surface area contributed by atoms with Crippen LogP contribution >= 0.6 is 15.9 Å². The Labute approximate surface area is 115 Å². The number of benzene rings is 2. The molecular formula is C15H15BrFN. The molecule has 0 unspecified atom stereocenters. The highest BCUT2D eigenvalue weighted by Gasteiger charge is 2.02. The van der Waals surface area contributed by atoms with E-state index in [1.807, 2.05) is 25.2 Å². The summed E-state index contributed by atoms with van der Waals surface area (Å²) in [4.78, 5) is 2.16. The lowest BCUT2D eigenvalue weighted by Crippen LogP contribution is -2.17. The molecule has 2 aromatic rings. The molecule has 0 spiro atoms. The van der Waals surface area contributed by atoms with Crippen LogP contribution in [0.1, 0.15) is 11.1 Å². The number of rotatable bonds is 4. The van der Waals surface area contributed by atoms with Gasteiger partial charge in [0.15, 0.2) is 0 Å². The first-order chi connectivity index (χ1) is 8.63. The third-order valence-electron chi connectivity index (χ3n) is 2.71. The molecule has 0 saturated heterocycles. The summed E-state index contributed by atoms with van der Waals surface area (Å²) in [5.74, 6) is -0.176. The standard InChI is InChI=1S/C15H15BrFN/c1-18(10-12-5-7-14(16)8-6-12)11-13-3-2-4-15(17)9-13/h2-9H,10-11H2,1H3. The van der Waals surface area contributed by atoms with E-state index < -0.39 is 0 Å². The zero-order valence-electron chi connectivity index (χ0n) is 10.2. The third kappa shape index (κ3) is 3.93. The molecule has 18 heavy (non-hydrogen) atoms. The molecule has 1 nitrogen and oxygen atoms in total. The molecule has 0 N–H and O–H groups in total. The van der Waals surface area contributed by atoms with Crippen LogP contribution in [-0.2, 0) is 13.1 Å². The molecule has 3 heteroatoms. The lowest BCUT2D eigenvalue weighted by Gasteiger charge is -2.16. The first-order valence-corrected chi connectivity index (χ1v) is 6.60. The van der Waals surface area contributed by atoms with Gasteiger partial charge in [0.2, 0.25) is 0 Å². The Hall–Kier alpha value is -1.19. The van der Waals surface area contributed by atoms with Gasteiger partial charge in [0.1, 0.15) is 5.82 Å². The number of hydrogen-bond acceptors (Lipinski definition) is 1. The molecule has 0 aliphatic heterocycles. The normalized spacial score (nSPS) is 10.9. The Morgan fingerprint density at radius 3 is 2.33 bits per heavy atom. The maximum absolute atomic E-state index is 13.1. The van der Waals surface area contributed by atoms with Crippen molar-refractivity contribution in [1.29, 1.82) is 0 Å². The summed E-state index contributed by atoms with van der Waals surface area (Å²) in [7, 11) is 2.03. The van der Waals surface area contributed by atoms with Crippen LogP contribution < -0.4 is 0 Å². The molecule has 0 fully saturated rings. The van der Waals surface area contributed by atoms with Crippen molar-refractivity contribution in [2.75, 3.05) is 7.05 Å². The summed E-state index contributed by atoms with van der Waals surface area (Å²) in [6, 6.07) is 15.0. The molecule has 0 radical (unpaired) electrons. The average molecular weight is 308 g/mol. The van der Waals surface area contributed by atoms with Crippen molar-refractivity contribution < 1.29 is 4.39 Å². The molecule has 2 aromatic carbocycles. The largest absolute Gasteiger partial charge is 0.298 e. The highest BCUT2D eigenvalue weighted by Crippen LogP contribution is 2.13. The summed E-state index contributed by atoms with van der Waals surface area (Å²) >= 11 is 3.42. The van der Waals surface area contributed by atoms with Crippen molar-refractivity contribution in [2.45, 2.75) is 13.1 Å². The van der Waals surface area contributed by atoms with Gasteiger partial charge in [-0.3, -0.25) is 4.90 Å². The zero-order valence-corrected chi connectivity index (χ0v) is 11.8. The Bertz CT molecular complexity index is 510. The van der Waals surface area contributed by atoms with Crippen LogP contribution in [-0.4, -0.2) is 11.9 Å². The van der Waals surface area contributed by atoms with Gasteiger partial charge in [-0.2, -0.15) is 0 Å². The van der Waals surface area contributed by atoms with Gasteiger partial charge < -0.3 is 0 Å². The molecule has 94 valence electrons. The van der Waals surface area contributed by atoms with Crippen molar-refractivity contribution in [3.63, 3.8) is 0 Å². The number of nitrogens with zero attached hydrogens (tertiary/aromatic N) is 1. The molecule has 0 bridgehead atoms. The lowest BCUT2D eigenvalue weighted by molar-refractivity contribution is 0.318. The average Bonchev–Trinajstić information content (AvgIpc) is 2.32. The first-order valence-electron chi connectivity index (χ1n) is 5.81. The monoisotopic (exact) mass is 307 g/mol. The Morgan fingerprint density at radius 1 is 1.00 bits per heavy atom. The van der Waals surface area contributed by atoms with E-state index in [-0.39, 0.29) is 5.82 Å². The van der Waals surface area contributed by atoms with Crippen LogP contribution in [0.2, 0.25) is 0 Å². The predicted octanol–water partition coefficient (Wildman–Crippen LogP) is 4.22. The van der Waals surface area contributed by atoms with Gasteiger partial charge in [-0.05, 0) is 42.4 Å². The molecule has 0 amide bonds. The van der Waals surface area contributed by atoms with E-state index in [0.717, 1.165) is 23.1 Å². The fourth-order valence-electron chi connectivity index (χ4n) is 1.90. The van der Waals surface area contributed by atoms with Gasteiger partial charge in [0.25, 0.3) is 0 Å². The van der Waals surface area contributed by atoms with E-state index in [9.17, 15) is 4.39 Å². The second-order valence-corrected chi connectivity index (χ2v) is 5.34. The van der Waals surface area contributed by atoms with Gasteiger partial charge >= 0.3 is 0 Å². The summed E-state index contributed by atoms with van der Waals surface area (Å²) in [5.41, 5.74) is 2.24. The first kappa shape index (κ1) is 13.2. The van der Waals surface area contributed by atoms with Gasteiger partial charge in [0, 0.05) is 17.6 Å². The maximum atomic E-state index is 13.1. The summed E-state index contributed by atoms with van der Waals surface area (Å²) in [6.07, 6.45) is 0. The Balaban J connectivity index is 1.96. The van der Waals surface area contributed by atoms with E-state index in [1.54, 1.807) is 12.1 Å². The molecule has 0 saturated carbocycles. The molecule has 0 aliphatic rings. The van der Waals surface area contributed by atoms with Crippen molar-refractivity contribution in [3.05, 3.63) is 69.9 Å². The second-order valence-electron chi connectivity index (χ2n) is 4.43. The predicted molar refractivity (Wildman–Crippen MR) is 75.7 cm³/mol. The van der Waals surface area contributed by atoms with Gasteiger partial charge in [-0.15, -0.1) is 0 Å². The van der Waals surface area contributed by atoms with Crippen molar-refractivity contribution >= 4 is 15.9 Å². The molecule has 0 atom stereocenters. The Morgan fingerprint density at radius 2 is 1.67 bits per heavy atom. The van der Waals surface area contributed by atoms with Crippen LogP contribution in [0.3, 0.4) is 0 Å². The zero-order chi connectivity index (χ0) is 13.0. The minimum atomic E-state index is -0.176. The Kier molecular flexibility index (Phi) is 4.50. The lowest BCUT2D eigenvalue weighted by atomic mass is 10.2. The fourth-order valence-corrected chi connectivity index (χ4v) is 2.17. The minimum Gasteiger partial charge on any atom is -0.298 e. The maximum Gasteiger partial charge on any atom is 0.123 e. The quantitative estimate of drug-likeness (QED) is 0.817. The van der Waals surface area contributed by atoms with Gasteiger partial charge in [0.05, 0.1) is 0 Å². The molecule has 0 heterocycles. The summed E-state index contributed by atoms with van der Waals surface area (Å²) in [6.45, 7) is 1.59.